The number of aromatic nitrogens is 3. The van der Waals surface area contributed by atoms with Gasteiger partial charge in [0.2, 0.25) is 0 Å². The van der Waals surface area contributed by atoms with Crippen molar-refractivity contribution in [2.24, 2.45) is 5.92 Å². The van der Waals surface area contributed by atoms with Gasteiger partial charge in [-0.1, -0.05) is 146 Å². The first-order valence-electron chi connectivity index (χ1n) is 19.0. The van der Waals surface area contributed by atoms with E-state index in [0.29, 0.717) is 29.8 Å². The lowest BCUT2D eigenvalue weighted by Gasteiger charge is -2.22. The van der Waals surface area contributed by atoms with Gasteiger partial charge in [0.05, 0.1) is 0 Å². The quantitative estimate of drug-likeness (QED) is 0.178. The van der Waals surface area contributed by atoms with E-state index in [9.17, 15) is 0 Å². The minimum absolute atomic E-state index is 0.00398. The number of allylic oxidation sites excluding steroid dienone is 2. The van der Waals surface area contributed by atoms with Crippen molar-refractivity contribution >= 4 is 44.4 Å². The molecule has 2 aliphatic carbocycles. The van der Waals surface area contributed by atoms with Crippen LogP contribution < -0.4 is 0 Å². The Labute approximate surface area is 318 Å². The second kappa shape index (κ2) is 12.6. The Hall–Kier alpha value is -6.85. The number of rotatable bonds is 5. The predicted molar refractivity (Wildman–Crippen MR) is 221 cm³/mol. The average molecular weight is 710 g/mol. The SMILES string of the molecule is CC1C=Cc2c(oc3cccc(C4C=C(c5nc(-c6ccc(-c7ccccc7)cc6)nc(-c6ccc7ccccc7c6)n5)c5c(oc6ccccc56)C4)c23)C1. The molecule has 0 fully saturated rings. The molecule has 5 nitrogen and oxygen atoms in total. The molecular formula is C50H35N3O2. The van der Waals surface area contributed by atoms with Crippen molar-refractivity contribution in [3.05, 3.63) is 186 Å². The van der Waals surface area contributed by atoms with Gasteiger partial charge in [-0.05, 0) is 51.6 Å². The molecule has 3 aromatic heterocycles. The summed E-state index contributed by atoms with van der Waals surface area (Å²) in [5.41, 5.74) is 10.3. The minimum Gasteiger partial charge on any atom is -0.460 e. The number of hydrogen-bond donors (Lipinski definition) is 0. The van der Waals surface area contributed by atoms with E-state index in [0.717, 1.165) is 67.7 Å². The maximum atomic E-state index is 6.70. The van der Waals surface area contributed by atoms with E-state index >= 15 is 0 Å². The highest BCUT2D eigenvalue weighted by atomic mass is 16.3. The maximum absolute atomic E-state index is 6.70. The summed E-state index contributed by atoms with van der Waals surface area (Å²) in [5, 5.41) is 4.53. The lowest BCUT2D eigenvalue weighted by atomic mass is 9.81. The molecule has 11 rings (SSSR count). The molecule has 2 atom stereocenters. The van der Waals surface area contributed by atoms with Crippen LogP contribution in [0.25, 0.3) is 78.3 Å². The highest BCUT2D eigenvalue weighted by Crippen LogP contribution is 2.46. The number of benzene rings is 6. The zero-order valence-electron chi connectivity index (χ0n) is 30.2. The molecule has 0 saturated carbocycles. The topological polar surface area (TPSA) is 65.0 Å². The van der Waals surface area contributed by atoms with E-state index in [-0.39, 0.29) is 5.92 Å². The Morgan fingerprint density at radius 3 is 2.09 bits per heavy atom. The van der Waals surface area contributed by atoms with Crippen LogP contribution in [0.2, 0.25) is 0 Å². The zero-order chi connectivity index (χ0) is 36.5. The van der Waals surface area contributed by atoms with Crippen LogP contribution in [-0.2, 0) is 12.8 Å². The first kappa shape index (κ1) is 31.7. The Kier molecular flexibility index (Phi) is 7.27. The van der Waals surface area contributed by atoms with Gasteiger partial charge in [0, 0.05) is 57.4 Å². The number of nitrogens with zero attached hydrogens (tertiary/aromatic N) is 3. The summed E-state index contributed by atoms with van der Waals surface area (Å²) in [5.74, 6) is 4.30. The average Bonchev–Trinajstić information content (AvgIpc) is 3.81. The van der Waals surface area contributed by atoms with Crippen molar-refractivity contribution in [1.82, 2.24) is 15.0 Å². The van der Waals surface area contributed by atoms with Gasteiger partial charge in [0.1, 0.15) is 22.7 Å². The third kappa shape index (κ3) is 5.42. The van der Waals surface area contributed by atoms with Gasteiger partial charge in [-0.3, -0.25) is 0 Å². The van der Waals surface area contributed by atoms with E-state index in [2.05, 4.69) is 146 Å². The monoisotopic (exact) mass is 709 g/mol. The van der Waals surface area contributed by atoms with Crippen LogP contribution in [0.5, 0.6) is 0 Å². The van der Waals surface area contributed by atoms with Gasteiger partial charge >= 0.3 is 0 Å². The second-order valence-electron chi connectivity index (χ2n) is 14.8. The molecule has 3 heterocycles. The molecule has 0 amide bonds. The van der Waals surface area contributed by atoms with Crippen molar-refractivity contribution in [3.8, 4) is 33.9 Å². The third-order valence-corrected chi connectivity index (χ3v) is 11.2. The number of hydrogen-bond acceptors (Lipinski definition) is 5. The standard InChI is InChI=1S/C50H35N3O2/c1-30-18-25-40-44(26-30)55-43-17-9-15-38(46(40)43)37-28-41(47-39-14-7-8-16-42(39)54-45(47)29-37)50-52-48(34-22-19-33(20-23-34)31-10-3-2-4-11-31)51-49(53-50)36-24-21-32-12-5-6-13-35(32)27-36/h2-25,27-28,30,37H,26,29H2,1H3. The molecule has 55 heavy (non-hydrogen) atoms. The molecular weight excluding hydrogens is 675 g/mol. The Balaban J connectivity index is 1.13. The largest absolute Gasteiger partial charge is 0.460 e. The van der Waals surface area contributed by atoms with E-state index in [4.69, 9.17) is 23.8 Å². The van der Waals surface area contributed by atoms with Gasteiger partial charge in [0.15, 0.2) is 17.5 Å². The van der Waals surface area contributed by atoms with Crippen molar-refractivity contribution in [2.75, 3.05) is 0 Å². The van der Waals surface area contributed by atoms with Gasteiger partial charge in [0.25, 0.3) is 0 Å². The maximum Gasteiger partial charge on any atom is 0.164 e. The molecule has 2 unspecified atom stereocenters. The van der Waals surface area contributed by atoms with Crippen LogP contribution in [0.4, 0.5) is 0 Å². The van der Waals surface area contributed by atoms with Crippen LogP contribution in [0, 0.1) is 5.92 Å². The number of para-hydroxylation sites is 1. The molecule has 0 saturated heterocycles. The molecule has 262 valence electrons. The molecule has 5 heteroatoms. The van der Waals surface area contributed by atoms with Crippen LogP contribution in [0.15, 0.2) is 161 Å². The molecule has 0 aliphatic heterocycles. The van der Waals surface area contributed by atoms with Gasteiger partial charge in [-0.2, -0.15) is 0 Å². The van der Waals surface area contributed by atoms with Crippen molar-refractivity contribution in [2.45, 2.75) is 25.7 Å². The van der Waals surface area contributed by atoms with E-state index in [1.54, 1.807) is 0 Å². The molecule has 9 aromatic rings. The Morgan fingerprint density at radius 1 is 0.545 bits per heavy atom. The van der Waals surface area contributed by atoms with Gasteiger partial charge < -0.3 is 8.83 Å². The van der Waals surface area contributed by atoms with Crippen molar-refractivity contribution in [1.29, 1.82) is 0 Å². The Bertz CT molecular complexity index is 3000. The predicted octanol–water partition coefficient (Wildman–Crippen LogP) is 12.5. The lowest BCUT2D eigenvalue weighted by Crippen LogP contribution is -2.12. The van der Waals surface area contributed by atoms with Crippen molar-refractivity contribution in [3.63, 3.8) is 0 Å². The first-order valence-corrected chi connectivity index (χ1v) is 19.0. The normalized spacial score (nSPS) is 16.3. The van der Waals surface area contributed by atoms with Gasteiger partial charge in [-0.25, -0.2) is 15.0 Å². The highest BCUT2D eigenvalue weighted by Gasteiger charge is 2.32. The smallest absolute Gasteiger partial charge is 0.164 e. The summed E-state index contributed by atoms with van der Waals surface area (Å²) >= 11 is 0. The highest BCUT2D eigenvalue weighted by molar-refractivity contribution is 5.99. The summed E-state index contributed by atoms with van der Waals surface area (Å²) in [6.45, 7) is 2.24. The van der Waals surface area contributed by atoms with Crippen LogP contribution in [-0.4, -0.2) is 15.0 Å². The van der Waals surface area contributed by atoms with Gasteiger partial charge in [-0.15, -0.1) is 0 Å². The van der Waals surface area contributed by atoms with E-state index < -0.39 is 0 Å². The molecule has 0 spiro atoms. The lowest BCUT2D eigenvalue weighted by molar-refractivity contribution is 0.513. The van der Waals surface area contributed by atoms with Crippen molar-refractivity contribution < 1.29 is 8.83 Å². The molecule has 6 aromatic carbocycles. The molecule has 2 aliphatic rings. The first-order chi connectivity index (χ1) is 27.1. The fourth-order valence-corrected chi connectivity index (χ4v) is 8.50. The second-order valence-corrected chi connectivity index (χ2v) is 14.8. The summed E-state index contributed by atoms with van der Waals surface area (Å²) in [6, 6.07) is 48.5. The summed E-state index contributed by atoms with van der Waals surface area (Å²) in [6.07, 6.45) is 8.51. The molecule has 0 N–H and O–H groups in total. The third-order valence-electron chi connectivity index (χ3n) is 11.2. The van der Waals surface area contributed by atoms with E-state index in [1.807, 2.05) is 18.2 Å². The molecule has 0 bridgehead atoms. The molecule has 0 radical (unpaired) electrons. The van der Waals surface area contributed by atoms with Crippen LogP contribution in [0.3, 0.4) is 0 Å². The van der Waals surface area contributed by atoms with Crippen LogP contribution in [0.1, 0.15) is 46.9 Å². The summed E-state index contributed by atoms with van der Waals surface area (Å²) in [7, 11) is 0. The number of furan rings is 2. The fourth-order valence-electron chi connectivity index (χ4n) is 8.50. The van der Waals surface area contributed by atoms with E-state index in [1.165, 1.54) is 27.5 Å². The Morgan fingerprint density at radius 2 is 1.22 bits per heavy atom. The zero-order valence-corrected chi connectivity index (χ0v) is 30.2. The summed E-state index contributed by atoms with van der Waals surface area (Å²) in [4.78, 5) is 15.8. The number of fused-ring (bicyclic) bond motifs is 7. The fraction of sp³-hybridized carbons (Fsp3) is 0.100. The minimum atomic E-state index is -0.00398. The van der Waals surface area contributed by atoms with Crippen LogP contribution >= 0.6 is 0 Å². The summed E-state index contributed by atoms with van der Waals surface area (Å²) < 4.78 is 13.2.